The lowest BCUT2D eigenvalue weighted by Gasteiger charge is -2.29. The molecule has 0 spiro atoms. The summed E-state index contributed by atoms with van der Waals surface area (Å²) < 4.78 is 3.31. The van der Waals surface area contributed by atoms with Crippen LogP contribution in [0, 0.1) is 6.92 Å². The topological polar surface area (TPSA) is 72.2 Å². The molecule has 1 aromatic carbocycles. The van der Waals surface area contributed by atoms with Gasteiger partial charge in [0.25, 0.3) is 11.5 Å². The number of benzene rings is 1. The normalized spacial score (nSPS) is 14.1. The minimum absolute atomic E-state index is 0.257. The number of nitrogens with zero attached hydrogens (tertiary/aromatic N) is 4. The Kier molecular flexibility index (Phi) is 5.20. The van der Waals surface area contributed by atoms with E-state index in [1.807, 2.05) is 44.3 Å². The minimum atomic E-state index is -0.315. The Bertz CT molecular complexity index is 1080. The van der Waals surface area contributed by atoms with Crippen LogP contribution >= 0.6 is 0 Å². The van der Waals surface area contributed by atoms with Gasteiger partial charge in [0.2, 0.25) is 0 Å². The zero-order valence-electron chi connectivity index (χ0n) is 16.8. The molecule has 0 radical (unpaired) electrons. The lowest BCUT2D eigenvalue weighted by Crippen LogP contribution is -2.32. The largest absolute Gasteiger partial charge is 0.356 e. The molecule has 1 saturated heterocycles. The Morgan fingerprint density at radius 1 is 1.03 bits per heavy atom. The van der Waals surface area contributed by atoms with Crippen molar-refractivity contribution in [2.75, 3.05) is 23.3 Å². The van der Waals surface area contributed by atoms with E-state index in [9.17, 15) is 9.59 Å². The van der Waals surface area contributed by atoms with Gasteiger partial charge in [0.05, 0.1) is 16.9 Å². The molecule has 4 rings (SSSR count). The molecule has 2 aromatic heterocycles. The van der Waals surface area contributed by atoms with E-state index in [1.165, 1.54) is 6.42 Å². The maximum absolute atomic E-state index is 13.1. The molecule has 150 valence electrons. The molecule has 1 N–H and O–H groups in total. The summed E-state index contributed by atoms with van der Waals surface area (Å²) in [6.45, 7) is 3.61. The molecule has 7 heteroatoms. The number of nitrogens with one attached hydrogen (secondary N) is 1. The number of pyridine rings is 1. The van der Waals surface area contributed by atoms with Gasteiger partial charge in [-0.15, -0.1) is 0 Å². The van der Waals surface area contributed by atoms with Crippen LogP contribution in [0.15, 0.2) is 53.5 Å². The van der Waals surface area contributed by atoms with Crippen molar-refractivity contribution in [2.24, 2.45) is 7.05 Å². The number of hydrogen-bond acceptors (Lipinski definition) is 4. The molecule has 1 aliphatic rings. The van der Waals surface area contributed by atoms with Crippen molar-refractivity contribution in [2.45, 2.75) is 26.2 Å². The molecule has 1 aliphatic heterocycles. The van der Waals surface area contributed by atoms with Crippen LogP contribution in [0.3, 0.4) is 0 Å². The van der Waals surface area contributed by atoms with Crippen molar-refractivity contribution in [1.29, 1.82) is 0 Å². The average molecular weight is 391 g/mol. The zero-order chi connectivity index (χ0) is 20.4. The SMILES string of the molecule is Cc1c(NC(=O)c2cccnc2N2CCCCC2)c(=O)n(-c2ccccc2)n1C. The first-order valence-corrected chi connectivity index (χ1v) is 9.93. The lowest BCUT2D eigenvalue weighted by molar-refractivity contribution is 0.102. The van der Waals surface area contributed by atoms with Gasteiger partial charge in [-0.25, -0.2) is 9.67 Å². The van der Waals surface area contributed by atoms with E-state index in [4.69, 9.17) is 0 Å². The highest BCUT2D eigenvalue weighted by atomic mass is 16.2. The summed E-state index contributed by atoms with van der Waals surface area (Å²) in [6, 6.07) is 12.9. The van der Waals surface area contributed by atoms with Gasteiger partial charge in [-0.1, -0.05) is 18.2 Å². The van der Waals surface area contributed by atoms with E-state index in [2.05, 4.69) is 15.2 Å². The predicted molar refractivity (Wildman–Crippen MR) is 114 cm³/mol. The van der Waals surface area contributed by atoms with Gasteiger partial charge < -0.3 is 10.2 Å². The van der Waals surface area contributed by atoms with Crippen molar-refractivity contribution < 1.29 is 4.79 Å². The van der Waals surface area contributed by atoms with Crippen LogP contribution in [0.5, 0.6) is 0 Å². The summed E-state index contributed by atoms with van der Waals surface area (Å²) >= 11 is 0. The quantitative estimate of drug-likeness (QED) is 0.742. The molecular weight excluding hydrogens is 366 g/mol. The van der Waals surface area contributed by atoms with Gasteiger partial charge in [-0.3, -0.25) is 14.3 Å². The molecule has 0 bridgehead atoms. The summed E-state index contributed by atoms with van der Waals surface area (Å²) in [4.78, 5) is 32.8. The highest BCUT2D eigenvalue weighted by Gasteiger charge is 2.23. The number of aromatic nitrogens is 3. The molecule has 3 heterocycles. The van der Waals surface area contributed by atoms with E-state index in [-0.39, 0.29) is 17.2 Å². The third-order valence-electron chi connectivity index (χ3n) is 5.48. The fourth-order valence-electron chi connectivity index (χ4n) is 3.83. The van der Waals surface area contributed by atoms with E-state index < -0.39 is 0 Å². The summed E-state index contributed by atoms with van der Waals surface area (Å²) in [5, 5.41) is 2.85. The molecule has 1 amide bonds. The van der Waals surface area contributed by atoms with E-state index >= 15 is 0 Å². The molecule has 0 atom stereocenters. The fraction of sp³-hybridized carbons (Fsp3) is 0.318. The highest BCUT2D eigenvalue weighted by molar-refractivity contribution is 6.07. The molecule has 1 fully saturated rings. The average Bonchev–Trinajstić information content (AvgIpc) is 2.98. The van der Waals surface area contributed by atoms with Crippen LogP contribution in [0.25, 0.3) is 5.69 Å². The summed E-state index contributed by atoms with van der Waals surface area (Å²) in [5.41, 5.74) is 1.96. The molecule has 3 aromatic rings. The van der Waals surface area contributed by atoms with Crippen LogP contribution in [0.2, 0.25) is 0 Å². The molecule has 0 saturated carbocycles. The Morgan fingerprint density at radius 3 is 2.48 bits per heavy atom. The van der Waals surface area contributed by atoms with Crippen LogP contribution in [0.1, 0.15) is 35.3 Å². The van der Waals surface area contributed by atoms with Crippen molar-refractivity contribution in [1.82, 2.24) is 14.3 Å². The van der Waals surface area contributed by atoms with E-state index in [0.29, 0.717) is 17.1 Å². The number of para-hydroxylation sites is 1. The number of piperidine rings is 1. The van der Waals surface area contributed by atoms with Crippen molar-refractivity contribution in [3.05, 3.63) is 70.3 Å². The molecule has 0 unspecified atom stereocenters. The first kappa shape index (κ1) is 19.0. The minimum Gasteiger partial charge on any atom is -0.356 e. The van der Waals surface area contributed by atoms with Crippen molar-refractivity contribution in [3.8, 4) is 5.69 Å². The van der Waals surface area contributed by atoms with Crippen LogP contribution in [-0.2, 0) is 7.05 Å². The zero-order valence-corrected chi connectivity index (χ0v) is 16.8. The number of carbonyl (C=O) groups is 1. The van der Waals surface area contributed by atoms with Crippen LogP contribution < -0.4 is 15.8 Å². The molecular formula is C22H25N5O2. The fourth-order valence-corrected chi connectivity index (χ4v) is 3.83. The maximum Gasteiger partial charge on any atom is 0.295 e. The van der Waals surface area contributed by atoms with Gasteiger partial charge in [-0.2, -0.15) is 0 Å². The summed E-state index contributed by atoms with van der Waals surface area (Å²) in [6.07, 6.45) is 5.10. The molecule has 0 aliphatic carbocycles. The van der Waals surface area contributed by atoms with Crippen molar-refractivity contribution in [3.63, 3.8) is 0 Å². The smallest absolute Gasteiger partial charge is 0.295 e. The lowest BCUT2D eigenvalue weighted by atomic mass is 10.1. The summed E-state index contributed by atoms with van der Waals surface area (Å²) in [5.74, 6) is 0.367. The Morgan fingerprint density at radius 2 is 1.76 bits per heavy atom. The van der Waals surface area contributed by atoms with Crippen LogP contribution in [0.4, 0.5) is 11.5 Å². The number of anilines is 2. The monoisotopic (exact) mass is 391 g/mol. The Labute approximate surface area is 169 Å². The second-order valence-electron chi connectivity index (χ2n) is 7.31. The third-order valence-corrected chi connectivity index (χ3v) is 5.48. The molecule has 29 heavy (non-hydrogen) atoms. The second kappa shape index (κ2) is 7.95. The van der Waals surface area contributed by atoms with Crippen molar-refractivity contribution >= 4 is 17.4 Å². The van der Waals surface area contributed by atoms with Gasteiger partial charge in [0.15, 0.2) is 0 Å². The number of hydrogen-bond donors (Lipinski definition) is 1. The Hall–Kier alpha value is -3.35. The molecule has 7 nitrogen and oxygen atoms in total. The maximum atomic E-state index is 13.1. The van der Waals surface area contributed by atoms with E-state index in [0.717, 1.165) is 31.6 Å². The second-order valence-corrected chi connectivity index (χ2v) is 7.31. The predicted octanol–water partition coefficient (Wildman–Crippen LogP) is 3.12. The summed E-state index contributed by atoms with van der Waals surface area (Å²) in [7, 11) is 1.81. The Balaban J connectivity index is 1.68. The first-order chi connectivity index (χ1) is 14.1. The number of carbonyl (C=O) groups excluding carboxylic acids is 1. The van der Waals surface area contributed by atoms with Crippen LogP contribution in [-0.4, -0.2) is 33.3 Å². The third kappa shape index (κ3) is 3.55. The standard InChI is InChI=1S/C22H25N5O2/c1-16-19(22(29)27(25(16)2)17-10-5-3-6-11-17)24-21(28)18-12-9-13-23-20(18)26-14-7-4-8-15-26/h3,5-6,9-13H,4,7-8,14-15H2,1-2H3,(H,24,28). The van der Waals surface area contributed by atoms with Gasteiger partial charge in [-0.05, 0) is 50.5 Å². The highest BCUT2D eigenvalue weighted by Crippen LogP contribution is 2.23. The van der Waals surface area contributed by atoms with Gasteiger partial charge >= 0.3 is 0 Å². The van der Waals surface area contributed by atoms with Gasteiger partial charge in [0, 0.05) is 26.3 Å². The first-order valence-electron chi connectivity index (χ1n) is 9.93. The van der Waals surface area contributed by atoms with Gasteiger partial charge in [0.1, 0.15) is 11.5 Å². The number of amides is 1. The number of rotatable bonds is 4. The van der Waals surface area contributed by atoms with E-state index in [1.54, 1.807) is 27.7 Å².